The van der Waals surface area contributed by atoms with Crippen LogP contribution in [0, 0.1) is 0 Å². The third kappa shape index (κ3) is 23.6. The Morgan fingerprint density at radius 2 is 0.667 bits per heavy atom. The van der Waals surface area contributed by atoms with E-state index in [0.717, 1.165) is 0 Å². The average Bonchev–Trinajstić information content (AvgIpc) is 0. The van der Waals surface area contributed by atoms with E-state index in [4.69, 9.17) is 0 Å². The topological polar surface area (TPSA) is 0 Å². The molecule has 0 N–H and O–H groups in total. The average molecular weight is 595 g/mol. The van der Waals surface area contributed by atoms with Crippen molar-refractivity contribution < 1.29 is 0 Å². The predicted octanol–water partition coefficient (Wildman–Crippen LogP) is -7.10. The molecule has 0 aromatic heterocycles. The van der Waals surface area contributed by atoms with Crippen LogP contribution in [0.25, 0.3) is 0 Å². The summed E-state index contributed by atoms with van der Waals surface area (Å²) < 4.78 is 0. The molecule has 0 fully saturated rings. The van der Waals surface area contributed by atoms with Gasteiger partial charge in [0.2, 0.25) is 0 Å². The van der Waals surface area contributed by atoms with E-state index in [1.807, 2.05) is 0 Å². The summed E-state index contributed by atoms with van der Waals surface area (Å²) in [4.78, 5) is 0. The van der Waals surface area contributed by atoms with Crippen LogP contribution in [0.15, 0.2) is 0 Å². The molecule has 0 radical (unpaired) electrons. The van der Waals surface area contributed by atoms with Crippen molar-refractivity contribution in [2.45, 2.75) is 0 Å². The summed E-state index contributed by atoms with van der Waals surface area (Å²) in [6.45, 7) is 0. The van der Waals surface area contributed by atoms with Crippen molar-refractivity contribution in [3.63, 3.8) is 0 Å². The quantitative estimate of drug-likeness (QED) is 0.245. The summed E-state index contributed by atoms with van der Waals surface area (Å²) in [5, 5.41) is 0. The van der Waals surface area contributed by atoms with Crippen molar-refractivity contribution in [1.29, 1.82) is 0 Å². The maximum absolute atomic E-state index is 0. The first kappa shape index (κ1) is 46.8. The summed E-state index contributed by atoms with van der Waals surface area (Å²) in [6.07, 6.45) is 0. The molecule has 0 aromatic carbocycles. The van der Waals surface area contributed by atoms with Crippen molar-refractivity contribution in [1.82, 2.24) is 0 Å². The summed E-state index contributed by atoms with van der Waals surface area (Å²) in [7, 11) is 0. The van der Waals surface area contributed by atoms with Gasteiger partial charge in [-0.2, -0.15) is 0 Å². The third-order valence-electron chi connectivity index (χ3n) is 0. The standard InChI is InChI=1S/Al.Ga.In.3Sb.18H/q3*+3;3*-3;;;;;;;;;;;;;;;;;;. The minimum atomic E-state index is 0. The summed E-state index contributed by atoms with van der Waals surface area (Å²) >= 11 is 0. The molecule has 0 bridgehead atoms. The van der Waals surface area contributed by atoms with E-state index < -0.39 is 0 Å². The fourth-order valence-corrected chi connectivity index (χ4v) is 0. The van der Waals surface area contributed by atoms with E-state index in [0.29, 0.717) is 0 Å². The van der Waals surface area contributed by atoms with E-state index in [9.17, 15) is 0 Å². The van der Waals surface area contributed by atoms with Crippen LogP contribution in [0.3, 0.4) is 0 Å². The van der Waals surface area contributed by atoms with Crippen LogP contribution >= 0.6 is 0 Å². The first-order valence-electron chi connectivity index (χ1n) is 0. The molecule has 0 atom stereocenters. The van der Waals surface area contributed by atoms with Gasteiger partial charge in [-0.1, -0.05) is 0 Å². The zero-order chi connectivity index (χ0) is 0. The first-order chi connectivity index (χ1) is 0. The molecule has 0 aliphatic heterocycles. The molecule has 0 saturated carbocycles. The maximum atomic E-state index is 0. The molecule has 0 rings (SSSR count). The van der Waals surface area contributed by atoms with Gasteiger partial charge in [0.1, 0.15) is 0 Å². The Kier molecular flexibility index (Phi) is 265. The number of rotatable bonds is 0. The van der Waals surface area contributed by atoms with Gasteiger partial charge in [-0.25, -0.2) is 0 Å². The second-order valence-corrected chi connectivity index (χ2v) is 0. The van der Waals surface area contributed by atoms with Gasteiger partial charge in [-0.05, 0) is 0 Å². The fraction of sp³-hybridized carbons (Fsp3) is 0. The molecule has 0 spiro atoms. The Bertz CT molecular complexity index is 10.8. The van der Waals surface area contributed by atoms with Crippen molar-refractivity contribution in [3.05, 3.63) is 0 Å². The second kappa shape index (κ2) is 33.9. The van der Waals surface area contributed by atoms with E-state index >= 15 is 0 Å². The SMILES string of the molecule is [Al+3].[Ga+3].[In+3].[SbH6-3].[SbH6-3].[SbH6-3]. The van der Waals surface area contributed by atoms with Gasteiger partial charge < -0.3 is 0 Å². The summed E-state index contributed by atoms with van der Waals surface area (Å²) in [5.41, 5.74) is 0. The fourth-order valence-electron chi connectivity index (χ4n) is 0. The molecule has 0 heterocycles. The Morgan fingerprint density at radius 3 is 0.667 bits per heavy atom. The molecule has 0 aromatic rings. The number of hydrogen-bond donors (Lipinski definition) is 0. The monoisotopic (exact) mass is 592 g/mol. The van der Waals surface area contributed by atoms with Gasteiger partial charge in [0.25, 0.3) is 0 Å². The van der Waals surface area contributed by atoms with Crippen molar-refractivity contribution in [2.75, 3.05) is 0 Å². The van der Waals surface area contributed by atoms with Crippen molar-refractivity contribution in [2.24, 2.45) is 0 Å². The molecular formula is H18AlGaInSb3. The van der Waals surface area contributed by atoms with Gasteiger partial charge in [0.15, 0.2) is 0 Å². The van der Waals surface area contributed by atoms with Crippen molar-refractivity contribution in [3.8, 4) is 0 Å². The summed E-state index contributed by atoms with van der Waals surface area (Å²) in [5.74, 6) is 0. The molecule has 0 nitrogen and oxygen atoms in total. The van der Waals surface area contributed by atoms with Crippen molar-refractivity contribution >= 4 is 136 Å². The van der Waals surface area contributed by atoms with E-state index in [2.05, 4.69) is 0 Å². The van der Waals surface area contributed by atoms with E-state index in [1.165, 1.54) is 0 Å². The Labute approximate surface area is 133 Å². The Morgan fingerprint density at radius 1 is 0.667 bits per heavy atom. The van der Waals surface area contributed by atoms with E-state index in [1.54, 1.807) is 0 Å². The van der Waals surface area contributed by atoms with Crippen LogP contribution in [0.4, 0.5) is 0 Å². The zero-order valence-corrected chi connectivity index (χ0v) is 8.61. The molecular weight excluding hydrogens is 577 g/mol. The molecule has 0 unspecified atom stereocenters. The number of hydrogen-bond acceptors (Lipinski definition) is 0. The van der Waals surface area contributed by atoms with Gasteiger partial charge in [0, 0.05) is 0 Å². The Balaban J connectivity index is 0. The van der Waals surface area contributed by atoms with Crippen LogP contribution in [-0.4, -0.2) is 136 Å². The van der Waals surface area contributed by atoms with Crippen LogP contribution < -0.4 is 0 Å². The molecule has 6 heteroatoms. The van der Waals surface area contributed by atoms with Gasteiger partial charge >= 0.3 is 136 Å². The van der Waals surface area contributed by atoms with Gasteiger partial charge in [-0.15, -0.1) is 0 Å². The molecule has 0 saturated heterocycles. The van der Waals surface area contributed by atoms with Crippen LogP contribution in [-0.2, 0) is 0 Å². The van der Waals surface area contributed by atoms with Gasteiger partial charge in [-0.3, -0.25) is 0 Å². The van der Waals surface area contributed by atoms with Crippen LogP contribution in [0.5, 0.6) is 0 Å². The normalized spacial score (nSPS) is 0. The molecule has 0 aliphatic rings. The second-order valence-electron chi connectivity index (χ2n) is 0. The van der Waals surface area contributed by atoms with E-state index in [-0.39, 0.29) is 136 Å². The van der Waals surface area contributed by atoms with Gasteiger partial charge in [0.05, 0.1) is 0 Å². The molecule has 42 valence electrons. The summed E-state index contributed by atoms with van der Waals surface area (Å²) in [6, 6.07) is 0. The first-order valence-corrected chi connectivity index (χ1v) is 0. The third-order valence-corrected chi connectivity index (χ3v) is 0. The minimum absolute atomic E-state index is 0. The van der Waals surface area contributed by atoms with Crippen LogP contribution in [0.1, 0.15) is 0 Å². The Hall–Kier alpha value is 4.49. The molecule has 6 heavy (non-hydrogen) atoms. The molecule has 0 aliphatic carbocycles. The molecule has 0 amide bonds. The van der Waals surface area contributed by atoms with Crippen LogP contribution in [0.2, 0.25) is 0 Å². The zero-order valence-electron chi connectivity index (χ0n) is 1.73. The predicted molar refractivity (Wildman–Crippen MR) is 59.6 cm³/mol.